The zero-order valence-corrected chi connectivity index (χ0v) is 13.3. The van der Waals surface area contributed by atoms with E-state index in [1.165, 1.54) is 18.3 Å². The number of Topliss-reactive ketones (excluding diaryl/α,β-unsaturated/α-hetero) is 1. The highest BCUT2D eigenvalue weighted by molar-refractivity contribution is 7.99. The second kappa shape index (κ2) is 7.08. The van der Waals surface area contributed by atoms with Gasteiger partial charge in [-0.3, -0.25) is 4.79 Å². The highest BCUT2D eigenvalue weighted by Gasteiger charge is 2.24. The Kier molecular flexibility index (Phi) is 5.42. The maximum Gasteiger partial charge on any atom is 0.358 e. The van der Waals surface area contributed by atoms with Gasteiger partial charge in [-0.25, -0.2) is 9.78 Å². The van der Waals surface area contributed by atoms with Crippen LogP contribution in [0, 0.1) is 0 Å². The number of hydrogen-bond donors (Lipinski definition) is 0. The van der Waals surface area contributed by atoms with Crippen LogP contribution in [0.25, 0.3) is 0 Å². The molecule has 0 aliphatic carbocycles. The van der Waals surface area contributed by atoms with Crippen LogP contribution in [0.2, 0.25) is 0 Å². The molecule has 1 aliphatic rings. The van der Waals surface area contributed by atoms with Crippen LogP contribution in [-0.2, 0) is 4.74 Å². The Hall–Kier alpha value is -1.08. The summed E-state index contributed by atoms with van der Waals surface area (Å²) < 4.78 is 4.97. The lowest BCUT2D eigenvalue weighted by Gasteiger charge is -2.18. The van der Waals surface area contributed by atoms with E-state index in [4.69, 9.17) is 4.74 Å². The quantitative estimate of drug-likeness (QED) is 0.628. The van der Waals surface area contributed by atoms with Crippen LogP contribution in [0.3, 0.4) is 0 Å². The third-order valence-corrected chi connectivity index (χ3v) is 5.16. The molecule has 110 valence electrons. The molecule has 0 N–H and O–H groups in total. The predicted octanol–water partition coefficient (Wildman–Crippen LogP) is 2.47. The fourth-order valence-corrected chi connectivity index (χ4v) is 3.85. The largest absolute Gasteiger partial charge is 0.461 e. The molecule has 1 saturated heterocycles. The minimum absolute atomic E-state index is 0.138. The number of ketones is 1. The molecule has 20 heavy (non-hydrogen) atoms. The summed E-state index contributed by atoms with van der Waals surface area (Å²) in [6.45, 7) is 5.30. The maximum atomic E-state index is 11.9. The van der Waals surface area contributed by atoms with Crippen molar-refractivity contribution in [1.82, 2.24) is 4.98 Å². The van der Waals surface area contributed by atoms with E-state index >= 15 is 0 Å². The van der Waals surface area contributed by atoms with Gasteiger partial charge >= 0.3 is 5.97 Å². The van der Waals surface area contributed by atoms with E-state index in [2.05, 4.69) is 9.88 Å². The molecule has 0 aromatic carbocycles. The summed E-state index contributed by atoms with van der Waals surface area (Å²) in [4.78, 5) is 30.5. The second-order valence-electron chi connectivity index (χ2n) is 4.40. The van der Waals surface area contributed by atoms with Gasteiger partial charge < -0.3 is 9.64 Å². The minimum atomic E-state index is -0.510. The molecule has 7 heteroatoms. The molecule has 5 nitrogen and oxygen atoms in total. The van der Waals surface area contributed by atoms with Gasteiger partial charge in [-0.15, -0.1) is 0 Å². The first-order valence-corrected chi connectivity index (χ1v) is 8.62. The van der Waals surface area contributed by atoms with Gasteiger partial charge in [0.15, 0.2) is 16.6 Å². The fraction of sp³-hybridized carbons (Fsp3) is 0.615. The van der Waals surface area contributed by atoms with Gasteiger partial charge in [0.25, 0.3) is 0 Å². The van der Waals surface area contributed by atoms with Crippen molar-refractivity contribution in [3.63, 3.8) is 0 Å². The van der Waals surface area contributed by atoms with E-state index in [9.17, 15) is 9.59 Å². The number of esters is 1. The van der Waals surface area contributed by atoms with E-state index in [0.29, 0.717) is 4.88 Å². The Bertz CT molecular complexity index is 494. The molecule has 1 aliphatic heterocycles. The van der Waals surface area contributed by atoms with Crippen molar-refractivity contribution in [2.45, 2.75) is 20.3 Å². The third kappa shape index (κ3) is 3.52. The molecule has 2 rings (SSSR count). The summed E-state index contributed by atoms with van der Waals surface area (Å²) in [5, 5.41) is 0.751. The highest BCUT2D eigenvalue weighted by Crippen LogP contribution is 2.29. The van der Waals surface area contributed by atoms with Gasteiger partial charge in [0.05, 0.1) is 6.61 Å². The lowest BCUT2D eigenvalue weighted by molar-refractivity contribution is 0.0517. The van der Waals surface area contributed by atoms with Gasteiger partial charge in [0.2, 0.25) is 0 Å². The number of rotatable bonds is 4. The van der Waals surface area contributed by atoms with Crippen molar-refractivity contribution < 1.29 is 14.3 Å². The lowest BCUT2D eigenvalue weighted by atomic mass is 10.3. The normalized spacial score (nSPS) is 15.8. The first-order valence-electron chi connectivity index (χ1n) is 6.65. The van der Waals surface area contributed by atoms with Crippen molar-refractivity contribution in [2.24, 2.45) is 0 Å². The first kappa shape index (κ1) is 15.3. The van der Waals surface area contributed by atoms with E-state index in [0.717, 1.165) is 36.1 Å². The summed E-state index contributed by atoms with van der Waals surface area (Å²) in [6.07, 6.45) is 1.09. The zero-order chi connectivity index (χ0) is 14.5. The molecule has 0 spiro atoms. The van der Waals surface area contributed by atoms with Crippen molar-refractivity contribution in [3.05, 3.63) is 10.6 Å². The summed E-state index contributed by atoms with van der Waals surface area (Å²) in [7, 11) is 0. The Labute approximate surface area is 126 Å². The summed E-state index contributed by atoms with van der Waals surface area (Å²) in [5.41, 5.74) is 0.163. The molecule has 0 amide bonds. The number of thioether (sulfide) groups is 1. The maximum absolute atomic E-state index is 11.9. The molecule has 0 atom stereocenters. The van der Waals surface area contributed by atoms with E-state index in [1.54, 1.807) is 6.92 Å². The van der Waals surface area contributed by atoms with Gasteiger partial charge in [0, 0.05) is 25.8 Å². The monoisotopic (exact) mass is 314 g/mol. The van der Waals surface area contributed by atoms with Gasteiger partial charge in [-0.1, -0.05) is 11.3 Å². The van der Waals surface area contributed by atoms with Crippen LogP contribution in [0.5, 0.6) is 0 Å². The van der Waals surface area contributed by atoms with Gasteiger partial charge in [-0.2, -0.15) is 11.8 Å². The van der Waals surface area contributed by atoms with Crippen molar-refractivity contribution in [1.29, 1.82) is 0 Å². The summed E-state index contributed by atoms with van der Waals surface area (Å²) >= 11 is 3.22. The van der Waals surface area contributed by atoms with E-state index in [-0.39, 0.29) is 18.1 Å². The number of hydrogen-bond acceptors (Lipinski definition) is 7. The van der Waals surface area contributed by atoms with Crippen molar-refractivity contribution >= 4 is 40.0 Å². The zero-order valence-electron chi connectivity index (χ0n) is 11.7. The fourth-order valence-electron chi connectivity index (χ4n) is 1.96. The molecule has 1 aromatic rings. The first-order chi connectivity index (χ1) is 9.63. The van der Waals surface area contributed by atoms with Crippen LogP contribution in [-0.4, -0.2) is 47.9 Å². The Balaban J connectivity index is 2.28. The van der Waals surface area contributed by atoms with Crippen molar-refractivity contribution in [2.75, 3.05) is 36.1 Å². The average Bonchev–Trinajstić information content (AvgIpc) is 2.69. The topological polar surface area (TPSA) is 59.5 Å². The molecule has 0 saturated carbocycles. The highest BCUT2D eigenvalue weighted by atomic mass is 32.2. The van der Waals surface area contributed by atoms with E-state index in [1.807, 2.05) is 11.8 Å². The Morgan fingerprint density at radius 1 is 1.35 bits per heavy atom. The van der Waals surface area contributed by atoms with Crippen LogP contribution in [0.15, 0.2) is 0 Å². The standard InChI is InChI=1S/C13H18N2O3S2/c1-3-18-12(17)10-11(9(2)16)20-13(14-10)15-5-4-7-19-8-6-15/h3-8H2,1-2H3. The third-order valence-electron chi connectivity index (χ3n) is 2.90. The van der Waals surface area contributed by atoms with Crippen molar-refractivity contribution in [3.8, 4) is 0 Å². The predicted molar refractivity (Wildman–Crippen MR) is 82.2 cm³/mol. The molecule has 0 radical (unpaired) electrons. The lowest BCUT2D eigenvalue weighted by Crippen LogP contribution is -2.25. The van der Waals surface area contributed by atoms with Crippen LogP contribution >= 0.6 is 23.1 Å². The summed E-state index contributed by atoms with van der Waals surface area (Å²) in [6, 6.07) is 0. The molecular weight excluding hydrogens is 296 g/mol. The number of carbonyl (C=O) groups excluding carboxylic acids is 2. The molecule has 0 unspecified atom stereocenters. The van der Waals surface area contributed by atoms with Crippen LogP contribution < -0.4 is 4.90 Å². The minimum Gasteiger partial charge on any atom is -0.461 e. The van der Waals surface area contributed by atoms with Gasteiger partial charge in [-0.05, 0) is 19.1 Å². The van der Waals surface area contributed by atoms with Crippen LogP contribution in [0.1, 0.15) is 40.4 Å². The Morgan fingerprint density at radius 2 is 2.15 bits per heavy atom. The Morgan fingerprint density at radius 3 is 2.85 bits per heavy atom. The number of nitrogens with zero attached hydrogens (tertiary/aromatic N) is 2. The van der Waals surface area contributed by atoms with Gasteiger partial charge in [0.1, 0.15) is 4.88 Å². The number of ether oxygens (including phenoxy) is 1. The average molecular weight is 314 g/mol. The molecule has 2 heterocycles. The number of carbonyl (C=O) groups is 2. The summed E-state index contributed by atoms with van der Waals surface area (Å²) in [5.74, 6) is 1.54. The second-order valence-corrected chi connectivity index (χ2v) is 6.61. The van der Waals surface area contributed by atoms with Crippen LogP contribution in [0.4, 0.5) is 5.13 Å². The number of thiazole rings is 1. The smallest absolute Gasteiger partial charge is 0.358 e. The number of anilines is 1. The number of aromatic nitrogens is 1. The SMILES string of the molecule is CCOC(=O)c1nc(N2CCCSCC2)sc1C(C)=O. The molecule has 1 fully saturated rings. The molecule has 1 aromatic heterocycles. The molecular formula is C13H18N2O3S2. The molecule has 0 bridgehead atoms. The van der Waals surface area contributed by atoms with E-state index < -0.39 is 5.97 Å².